The average molecular weight is 352 g/mol. The predicted octanol–water partition coefficient (Wildman–Crippen LogP) is 2.53. The van der Waals surface area contributed by atoms with E-state index in [2.05, 4.69) is 9.72 Å². The van der Waals surface area contributed by atoms with Crippen LogP contribution in [-0.4, -0.2) is 24.0 Å². The van der Waals surface area contributed by atoms with Crippen molar-refractivity contribution < 1.29 is 32.6 Å². The quantitative estimate of drug-likeness (QED) is 0.793. The van der Waals surface area contributed by atoms with Gasteiger partial charge in [-0.3, -0.25) is 4.98 Å². The molecular formula is C17H13F3NO4-. The smallest absolute Gasteiger partial charge is 0.416 e. The molecule has 0 saturated carbocycles. The number of alkyl halides is 3. The van der Waals surface area contributed by atoms with Crippen LogP contribution in [0, 0.1) is 13.8 Å². The molecule has 0 bridgehead atoms. The van der Waals surface area contributed by atoms with Crippen molar-refractivity contribution in [2.24, 2.45) is 0 Å². The first-order chi connectivity index (χ1) is 11.6. The fraction of sp³-hybridized carbons (Fsp3) is 0.235. The molecule has 8 heteroatoms. The van der Waals surface area contributed by atoms with Crippen LogP contribution in [0.1, 0.15) is 37.7 Å². The number of carbonyl (C=O) groups excluding carboxylic acids is 2. The van der Waals surface area contributed by atoms with Gasteiger partial charge in [-0.2, -0.15) is 13.2 Å². The Bertz CT molecular complexity index is 860. The molecule has 1 aromatic heterocycles. The largest absolute Gasteiger partial charge is 0.545 e. The molecule has 0 spiro atoms. The van der Waals surface area contributed by atoms with E-state index in [1.54, 1.807) is 0 Å². The fourth-order valence-corrected chi connectivity index (χ4v) is 2.59. The molecule has 5 nitrogen and oxygen atoms in total. The molecule has 1 aromatic carbocycles. The summed E-state index contributed by atoms with van der Waals surface area (Å²) in [5, 5.41) is 11.5. The second kappa shape index (κ2) is 6.54. The Balaban J connectivity index is 2.92. The maximum absolute atomic E-state index is 13.0. The molecule has 0 aliphatic carbocycles. The van der Waals surface area contributed by atoms with E-state index < -0.39 is 29.2 Å². The van der Waals surface area contributed by atoms with Gasteiger partial charge in [0.25, 0.3) is 0 Å². The zero-order valence-electron chi connectivity index (χ0n) is 13.5. The summed E-state index contributed by atoms with van der Waals surface area (Å²) in [6, 6.07) is 4.03. The number of halogens is 3. The van der Waals surface area contributed by atoms with E-state index in [1.165, 1.54) is 19.9 Å². The number of carbonyl (C=O) groups is 2. The van der Waals surface area contributed by atoms with Crippen LogP contribution in [0.4, 0.5) is 13.2 Å². The summed E-state index contributed by atoms with van der Waals surface area (Å²) in [7, 11) is 1.08. The molecule has 0 aliphatic heterocycles. The lowest BCUT2D eigenvalue weighted by Gasteiger charge is -2.19. The fourth-order valence-electron chi connectivity index (χ4n) is 2.59. The van der Waals surface area contributed by atoms with Gasteiger partial charge in [-0.1, -0.05) is 12.1 Å². The number of nitrogens with zero attached hydrogens (tertiary/aromatic N) is 1. The highest BCUT2D eigenvalue weighted by molar-refractivity contribution is 6.06. The van der Waals surface area contributed by atoms with Gasteiger partial charge in [-0.05, 0) is 31.5 Å². The maximum Gasteiger partial charge on any atom is 0.416 e. The number of esters is 1. The first-order valence-electron chi connectivity index (χ1n) is 7.06. The molecule has 0 radical (unpaired) electrons. The number of carboxylic acids is 1. The summed E-state index contributed by atoms with van der Waals surface area (Å²) in [4.78, 5) is 27.6. The maximum atomic E-state index is 13.0. The van der Waals surface area contributed by atoms with Gasteiger partial charge in [0.05, 0.1) is 29.9 Å². The van der Waals surface area contributed by atoms with Crippen LogP contribution in [-0.2, 0) is 10.9 Å². The third kappa shape index (κ3) is 3.47. The van der Waals surface area contributed by atoms with Gasteiger partial charge in [0.1, 0.15) is 0 Å². The minimum Gasteiger partial charge on any atom is -0.545 e. The van der Waals surface area contributed by atoms with Crippen molar-refractivity contribution in [3.8, 4) is 11.1 Å². The molecule has 0 saturated heterocycles. The van der Waals surface area contributed by atoms with Crippen molar-refractivity contribution in [1.82, 2.24) is 4.98 Å². The summed E-state index contributed by atoms with van der Waals surface area (Å²) in [5.74, 6) is -2.55. The van der Waals surface area contributed by atoms with Crippen molar-refractivity contribution in [3.63, 3.8) is 0 Å². The number of aromatic carboxylic acids is 1. The Hall–Kier alpha value is -2.90. The SMILES string of the molecule is COC(=O)c1c(C)nc(C)c(C(=O)[O-])c1-c1cccc(C(F)(F)F)c1. The van der Waals surface area contributed by atoms with Crippen LogP contribution < -0.4 is 5.11 Å². The second-order valence-corrected chi connectivity index (χ2v) is 5.27. The van der Waals surface area contributed by atoms with E-state index in [1.807, 2.05) is 0 Å². The molecule has 25 heavy (non-hydrogen) atoms. The summed E-state index contributed by atoms with van der Waals surface area (Å²) >= 11 is 0. The summed E-state index contributed by atoms with van der Waals surface area (Å²) in [6.07, 6.45) is -4.62. The zero-order chi connectivity index (χ0) is 18.9. The van der Waals surface area contributed by atoms with Crippen LogP contribution in [0.25, 0.3) is 11.1 Å². The third-order valence-electron chi connectivity index (χ3n) is 3.63. The first-order valence-corrected chi connectivity index (χ1v) is 7.06. The van der Waals surface area contributed by atoms with Crippen molar-refractivity contribution in [2.75, 3.05) is 7.11 Å². The summed E-state index contributed by atoms with van der Waals surface area (Å²) in [5.41, 5.74) is -1.78. The highest BCUT2D eigenvalue weighted by atomic mass is 19.4. The number of hydrogen-bond donors (Lipinski definition) is 0. The molecular weight excluding hydrogens is 339 g/mol. The Kier molecular flexibility index (Phi) is 4.82. The standard InChI is InChI=1S/C17H14F3NO4/c1-8-12(15(22)23)14(13(9(2)21-8)16(24)25-3)10-5-4-6-11(7-10)17(18,19)20/h4-7H,1-3H3,(H,22,23)/p-1. The number of rotatable bonds is 3. The van der Waals surface area contributed by atoms with Crippen molar-refractivity contribution >= 4 is 11.9 Å². The van der Waals surface area contributed by atoms with Crippen molar-refractivity contribution in [1.29, 1.82) is 0 Å². The molecule has 2 rings (SSSR count). The van der Waals surface area contributed by atoms with Gasteiger partial charge >= 0.3 is 12.1 Å². The van der Waals surface area contributed by atoms with Gasteiger partial charge in [0.15, 0.2) is 0 Å². The minimum atomic E-state index is -4.62. The number of aromatic nitrogens is 1. The lowest BCUT2D eigenvalue weighted by atomic mass is 9.91. The Labute approximate surface area is 141 Å². The number of carboxylic acid groups (broad SMARTS) is 1. The topological polar surface area (TPSA) is 79.3 Å². The number of ether oxygens (including phenoxy) is 1. The van der Waals surface area contributed by atoms with Gasteiger partial charge < -0.3 is 14.6 Å². The Morgan fingerprint density at radius 2 is 1.72 bits per heavy atom. The van der Waals surface area contributed by atoms with Crippen molar-refractivity contribution in [3.05, 3.63) is 52.3 Å². The van der Waals surface area contributed by atoms with Crippen LogP contribution in [0.2, 0.25) is 0 Å². The van der Waals surface area contributed by atoms with Gasteiger partial charge in [0.2, 0.25) is 0 Å². The van der Waals surface area contributed by atoms with E-state index in [9.17, 15) is 27.9 Å². The molecule has 0 atom stereocenters. The van der Waals surface area contributed by atoms with E-state index in [0.29, 0.717) is 0 Å². The van der Waals surface area contributed by atoms with Crippen LogP contribution >= 0.6 is 0 Å². The first kappa shape index (κ1) is 18.4. The normalized spacial score (nSPS) is 11.3. The number of pyridine rings is 1. The molecule has 132 valence electrons. The Morgan fingerprint density at radius 1 is 1.12 bits per heavy atom. The van der Waals surface area contributed by atoms with Crippen LogP contribution in [0.3, 0.4) is 0 Å². The van der Waals surface area contributed by atoms with Crippen molar-refractivity contribution in [2.45, 2.75) is 20.0 Å². The molecule has 2 aromatic rings. The molecule has 0 aliphatic rings. The van der Waals surface area contributed by atoms with E-state index in [4.69, 9.17) is 0 Å². The van der Waals surface area contributed by atoms with Crippen LogP contribution in [0.15, 0.2) is 24.3 Å². The highest BCUT2D eigenvalue weighted by Crippen LogP contribution is 2.36. The molecule has 0 amide bonds. The average Bonchev–Trinajstić information content (AvgIpc) is 2.52. The number of benzene rings is 1. The molecule has 0 unspecified atom stereocenters. The number of aryl methyl sites for hydroxylation is 2. The van der Waals surface area contributed by atoms with Gasteiger partial charge in [-0.15, -0.1) is 0 Å². The van der Waals surface area contributed by atoms with E-state index in [-0.39, 0.29) is 28.1 Å². The second-order valence-electron chi connectivity index (χ2n) is 5.27. The van der Waals surface area contributed by atoms with Gasteiger partial charge in [-0.25, -0.2) is 4.79 Å². The number of hydrogen-bond acceptors (Lipinski definition) is 5. The molecule has 0 N–H and O–H groups in total. The zero-order valence-corrected chi connectivity index (χ0v) is 13.5. The highest BCUT2D eigenvalue weighted by Gasteiger charge is 2.31. The van der Waals surface area contributed by atoms with E-state index >= 15 is 0 Å². The third-order valence-corrected chi connectivity index (χ3v) is 3.63. The summed E-state index contributed by atoms with van der Waals surface area (Å²) in [6.45, 7) is 2.81. The lowest BCUT2D eigenvalue weighted by Crippen LogP contribution is -2.26. The number of methoxy groups -OCH3 is 1. The van der Waals surface area contributed by atoms with E-state index in [0.717, 1.165) is 25.3 Å². The summed E-state index contributed by atoms with van der Waals surface area (Å²) < 4.78 is 43.6. The predicted molar refractivity (Wildman–Crippen MR) is 79.8 cm³/mol. The van der Waals surface area contributed by atoms with Crippen LogP contribution in [0.5, 0.6) is 0 Å². The Morgan fingerprint density at radius 3 is 2.24 bits per heavy atom. The minimum absolute atomic E-state index is 0.0255. The van der Waals surface area contributed by atoms with Gasteiger partial charge in [0, 0.05) is 16.8 Å². The molecule has 1 heterocycles. The lowest BCUT2D eigenvalue weighted by molar-refractivity contribution is -0.255. The molecule has 0 fully saturated rings. The monoisotopic (exact) mass is 352 g/mol.